The third kappa shape index (κ3) is 9.61. The number of carbonyl (C=O) groups is 4. The Kier molecular flexibility index (Phi) is 10.0. The third-order valence-electron chi connectivity index (χ3n) is 3.18. The Morgan fingerprint density at radius 3 is 1.83 bits per heavy atom. The highest BCUT2D eigenvalue weighted by molar-refractivity contribution is 5.89. The highest BCUT2D eigenvalue weighted by atomic mass is 16.6. The van der Waals surface area contributed by atoms with Crippen LogP contribution in [0.2, 0.25) is 0 Å². The number of nitrogens with one attached hydrogen (secondary N) is 2. The molecule has 0 aliphatic heterocycles. The van der Waals surface area contributed by atoms with Crippen molar-refractivity contribution in [3.63, 3.8) is 0 Å². The lowest BCUT2D eigenvalue weighted by Crippen LogP contribution is -2.19. The number of amides is 2. The topological polar surface area (TPSA) is 129 Å². The van der Waals surface area contributed by atoms with E-state index in [-0.39, 0.29) is 26.4 Å². The van der Waals surface area contributed by atoms with Crippen LogP contribution in [-0.4, -0.2) is 50.6 Å². The van der Waals surface area contributed by atoms with Crippen LogP contribution in [0.15, 0.2) is 43.5 Å². The van der Waals surface area contributed by atoms with Crippen LogP contribution < -0.4 is 10.6 Å². The monoisotopic (exact) mass is 406 g/mol. The van der Waals surface area contributed by atoms with Crippen molar-refractivity contribution in [1.29, 1.82) is 0 Å². The van der Waals surface area contributed by atoms with Gasteiger partial charge in [-0.25, -0.2) is 19.2 Å². The molecule has 0 aliphatic carbocycles. The summed E-state index contributed by atoms with van der Waals surface area (Å²) >= 11 is 0. The number of carbonyl (C=O) groups excluding carboxylic acids is 4. The predicted octanol–water partition coefficient (Wildman–Crippen LogP) is 2.55. The van der Waals surface area contributed by atoms with Crippen LogP contribution in [0.3, 0.4) is 0 Å². The Hall–Kier alpha value is -3.82. The predicted molar refractivity (Wildman–Crippen MR) is 103 cm³/mol. The molecule has 29 heavy (non-hydrogen) atoms. The van der Waals surface area contributed by atoms with Crippen LogP contribution in [0.4, 0.5) is 21.0 Å². The van der Waals surface area contributed by atoms with Crippen molar-refractivity contribution in [3.8, 4) is 0 Å². The minimum absolute atomic E-state index is 0.104. The first-order valence-electron chi connectivity index (χ1n) is 8.42. The van der Waals surface area contributed by atoms with Crippen LogP contribution in [0, 0.1) is 6.92 Å². The van der Waals surface area contributed by atoms with Gasteiger partial charge in [0.15, 0.2) is 0 Å². The fraction of sp³-hybridized carbons (Fsp3) is 0.263. The highest BCUT2D eigenvalue weighted by Gasteiger charge is 2.09. The molecule has 156 valence electrons. The molecule has 0 fully saturated rings. The van der Waals surface area contributed by atoms with Gasteiger partial charge in [-0.05, 0) is 24.6 Å². The van der Waals surface area contributed by atoms with Crippen LogP contribution in [0.1, 0.15) is 5.56 Å². The molecular formula is C19H22N2O8. The lowest BCUT2D eigenvalue weighted by Gasteiger charge is -2.12. The first-order valence-corrected chi connectivity index (χ1v) is 8.42. The van der Waals surface area contributed by atoms with Gasteiger partial charge in [0.05, 0.1) is 0 Å². The van der Waals surface area contributed by atoms with E-state index in [1.165, 1.54) is 6.07 Å². The van der Waals surface area contributed by atoms with Gasteiger partial charge in [0.25, 0.3) is 0 Å². The molecule has 10 nitrogen and oxygen atoms in total. The van der Waals surface area contributed by atoms with E-state index in [1.807, 2.05) is 0 Å². The maximum absolute atomic E-state index is 11.8. The van der Waals surface area contributed by atoms with E-state index in [1.54, 1.807) is 19.1 Å². The molecule has 0 aliphatic rings. The molecule has 10 heteroatoms. The normalized spacial score (nSPS) is 9.55. The summed E-state index contributed by atoms with van der Waals surface area (Å²) in [4.78, 5) is 45.3. The minimum atomic E-state index is -0.763. The zero-order valence-corrected chi connectivity index (χ0v) is 15.9. The number of aryl methyl sites for hydroxylation is 1. The van der Waals surface area contributed by atoms with Gasteiger partial charge in [-0.2, -0.15) is 0 Å². The second-order valence-corrected chi connectivity index (χ2v) is 5.29. The summed E-state index contributed by atoms with van der Waals surface area (Å²) in [5.41, 5.74) is 1.48. The van der Waals surface area contributed by atoms with Gasteiger partial charge in [0, 0.05) is 23.5 Å². The van der Waals surface area contributed by atoms with Gasteiger partial charge in [-0.1, -0.05) is 19.2 Å². The average Bonchev–Trinajstić information content (AvgIpc) is 2.70. The van der Waals surface area contributed by atoms with Crippen molar-refractivity contribution >= 4 is 35.5 Å². The molecule has 1 rings (SSSR count). The number of hydrogen-bond donors (Lipinski definition) is 2. The quantitative estimate of drug-likeness (QED) is 0.262. The summed E-state index contributed by atoms with van der Waals surface area (Å²) in [5.74, 6) is -1.23. The second-order valence-electron chi connectivity index (χ2n) is 5.29. The van der Waals surface area contributed by atoms with E-state index >= 15 is 0 Å². The van der Waals surface area contributed by atoms with Gasteiger partial charge in [0.1, 0.15) is 26.4 Å². The molecular weight excluding hydrogens is 384 g/mol. The second kappa shape index (κ2) is 12.5. The summed E-state index contributed by atoms with van der Waals surface area (Å²) in [5, 5.41) is 4.99. The zero-order chi connectivity index (χ0) is 21.6. The number of hydrogen-bond acceptors (Lipinski definition) is 8. The van der Waals surface area contributed by atoms with Crippen molar-refractivity contribution in [2.45, 2.75) is 6.92 Å². The zero-order valence-electron chi connectivity index (χ0n) is 15.9. The van der Waals surface area contributed by atoms with E-state index in [9.17, 15) is 19.2 Å². The number of ether oxygens (including phenoxy) is 4. The maximum atomic E-state index is 11.8. The molecule has 0 saturated carbocycles. The van der Waals surface area contributed by atoms with E-state index in [2.05, 4.69) is 33.3 Å². The summed E-state index contributed by atoms with van der Waals surface area (Å²) in [6.45, 7) is 7.76. The van der Waals surface area contributed by atoms with Crippen molar-refractivity contribution in [3.05, 3.63) is 49.1 Å². The highest BCUT2D eigenvalue weighted by Crippen LogP contribution is 2.20. The van der Waals surface area contributed by atoms with Gasteiger partial charge in [-0.15, -0.1) is 0 Å². The van der Waals surface area contributed by atoms with E-state index in [4.69, 9.17) is 9.47 Å². The SMILES string of the molecule is C=CC(=O)OCCOC(=O)Nc1ccc(C)c(NC(=O)OCCOC(=O)C=C)c1. The van der Waals surface area contributed by atoms with Crippen LogP contribution in [0.5, 0.6) is 0 Å². The molecule has 2 N–H and O–H groups in total. The van der Waals surface area contributed by atoms with Crippen LogP contribution in [-0.2, 0) is 28.5 Å². The third-order valence-corrected chi connectivity index (χ3v) is 3.18. The minimum Gasteiger partial charge on any atom is -0.459 e. The summed E-state index contributed by atoms with van der Waals surface area (Å²) in [6.07, 6.45) is 0.480. The van der Waals surface area contributed by atoms with Gasteiger partial charge in [0.2, 0.25) is 0 Å². The molecule has 0 radical (unpaired) electrons. The summed E-state index contributed by atoms with van der Waals surface area (Å²) < 4.78 is 19.1. The molecule has 2 amide bonds. The summed E-state index contributed by atoms with van der Waals surface area (Å²) in [7, 11) is 0. The largest absolute Gasteiger partial charge is 0.459 e. The Morgan fingerprint density at radius 2 is 1.31 bits per heavy atom. The smallest absolute Gasteiger partial charge is 0.411 e. The van der Waals surface area contributed by atoms with Crippen LogP contribution in [0.25, 0.3) is 0 Å². The molecule has 0 heterocycles. The van der Waals surface area contributed by atoms with Gasteiger partial charge in [-0.3, -0.25) is 10.6 Å². The van der Waals surface area contributed by atoms with Crippen molar-refractivity contribution in [2.24, 2.45) is 0 Å². The first-order chi connectivity index (χ1) is 13.8. The molecule has 0 saturated heterocycles. The number of anilines is 2. The molecule has 0 aromatic heterocycles. The molecule has 1 aromatic carbocycles. The molecule has 0 spiro atoms. The lowest BCUT2D eigenvalue weighted by atomic mass is 10.2. The van der Waals surface area contributed by atoms with Gasteiger partial charge < -0.3 is 18.9 Å². The fourth-order valence-corrected chi connectivity index (χ4v) is 1.81. The maximum Gasteiger partial charge on any atom is 0.411 e. The van der Waals surface area contributed by atoms with E-state index < -0.39 is 24.1 Å². The number of esters is 2. The van der Waals surface area contributed by atoms with Crippen molar-refractivity contribution < 1.29 is 38.1 Å². The van der Waals surface area contributed by atoms with Crippen LogP contribution >= 0.6 is 0 Å². The number of benzene rings is 1. The molecule has 0 atom stereocenters. The van der Waals surface area contributed by atoms with E-state index in [0.717, 1.165) is 17.7 Å². The molecule has 1 aromatic rings. The Balaban J connectivity index is 2.46. The Morgan fingerprint density at radius 1 is 0.828 bits per heavy atom. The standard InChI is InChI=1S/C19H22N2O8/c1-4-16(22)26-8-10-28-18(24)20-14-7-6-13(3)15(12-14)21-19(25)29-11-9-27-17(23)5-2/h4-7,12H,1-2,8-11H2,3H3,(H,20,24)(H,21,25). The first kappa shape index (κ1) is 23.2. The van der Waals surface area contributed by atoms with Crippen molar-refractivity contribution in [1.82, 2.24) is 0 Å². The van der Waals surface area contributed by atoms with E-state index in [0.29, 0.717) is 11.4 Å². The van der Waals surface area contributed by atoms with Crippen molar-refractivity contribution in [2.75, 3.05) is 37.1 Å². The molecule has 0 bridgehead atoms. The molecule has 0 unspecified atom stereocenters. The van der Waals surface area contributed by atoms with Gasteiger partial charge >= 0.3 is 24.1 Å². The lowest BCUT2D eigenvalue weighted by molar-refractivity contribution is -0.139. The fourth-order valence-electron chi connectivity index (χ4n) is 1.81. The summed E-state index contributed by atoms with van der Waals surface area (Å²) in [6, 6.07) is 4.79. The average molecular weight is 406 g/mol. The Bertz CT molecular complexity index is 775. The number of rotatable bonds is 10. The Labute approximate surface area is 167 Å².